The molecule has 21 heavy (non-hydrogen) atoms. The Bertz CT molecular complexity index is 452. The molecule has 1 N–H and O–H groups in total. The Labute approximate surface area is 133 Å². The fourth-order valence-corrected chi connectivity index (χ4v) is 3.86. The lowest BCUT2D eigenvalue weighted by Crippen LogP contribution is -2.37. The summed E-state index contributed by atoms with van der Waals surface area (Å²) in [5.41, 5.74) is 1.05. The first kappa shape index (κ1) is 16.8. The number of rotatable bonds is 5. The lowest BCUT2D eigenvalue weighted by molar-refractivity contribution is 0.115. The van der Waals surface area contributed by atoms with E-state index in [1.807, 2.05) is 0 Å². The van der Waals surface area contributed by atoms with Gasteiger partial charge in [-0.2, -0.15) is 0 Å². The van der Waals surface area contributed by atoms with E-state index in [4.69, 9.17) is 11.6 Å². The summed E-state index contributed by atoms with van der Waals surface area (Å²) in [4.78, 5) is 0. The molecule has 0 radical (unpaired) electrons. The fourth-order valence-electron chi connectivity index (χ4n) is 3.62. The molecule has 1 aromatic rings. The van der Waals surface area contributed by atoms with Gasteiger partial charge in [-0.1, -0.05) is 38.4 Å². The van der Waals surface area contributed by atoms with Crippen LogP contribution in [0, 0.1) is 23.1 Å². The molecule has 0 saturated heterocycles. The molecule has 2 rings (SSSR count). The zero-order valence-corrected chi connectivity index (χ0v) is 14.1. The summed E-state index contributed by atoms with van der Waals surface area (Å²) < 4.78 is 14.1. The van der Waals surface area contributed by atoms with Gasteiger partial charge in [0.15, 0.2) is 0 Å². The first-order valence-corrected chi connectivity index (χ1v) is 8.44. The average molecular weight is 312 g/mol. The highest BCUT2D eigenvalue weighted by Crippen LogP contribution is 2.43. The van der Waals surface area contributed by atoms with E-state index in [0.29, 0.717) is 27.8 Å². The van der Waals surface area contributed by atoms with Crippen molar-refractivity contribution < 1.29 is 4.39 Å². The molecule has 118 valence electrons. The lowest BCUT2D eigenvalue weighted by Gasteiger charge is -2.41. The van der Waals surface area contributed by atoms with Crippen LogP contribution in [-0.4, -0.2) is 13.1 Å². The Morgan fingerprint density at radius 1 is 1.33 bits per heavy atom. The largest absolute Gasteiger partial charge is 0.317 e. The van der Waals surface area contributed by atoms with E-state index < -0.39 is 0 Å². The van der Waals surface area contributed by atoms with Crippen molar-refractivity contribution in [2.24, 2.45) is 17.3 Å². The van der Waals surface area contributed by atoms with Gasteiger partial charge in [-0.05, 0) is 68.2 Å². The number of halogens is 2. The second-order valence-corrected chi connectivity index (χ2v) is 7.55. The Kier molecular flexibility index (Phi) is 5.67. The van der Waals surface area contributed by atoms with Gasteiger partial charge >= 0.3 is 0 Å². The molecule has 1 nitrogen and oxygen atoms in total. The third-order valence-electron chi connectivity index (χ3n) is 4.86. The van der Waals surface area contributed by atoms with Gasteiger partial charge in [-0.15, -0.1) is 0 Å². The van der Waals surface area contributed by atoms with Crippen LogP contribution < -0.4 is 5.32 Å². The molecule has 0 heterocycles. The summed E-state index contributed by atoms with van der Waals surface area (Å²) in [5, 5.41) is 4.03. The van der Waals surface area contributed by atoms with Crippen molar-refractivity contribution in [1.29, 1.82) is 0 Å². The first-order chi connectivity index (χ1) is 9.93. The van der Waals surface area contributed by atoms with Crippen LogP contribution in [0.5, 0.6) is 0 Å². The maximum absolute atomic E-state index is 14.1. The van der Waals surface area contributed by atoms with Crippen LogP contribution in [0.4, 0.5) is 4.39 Å². The maximum Gasteiger partial charge on any atom is 0.127 e. The second kappa shape index (κ2) is 7.11. The van der Waals surface area contributed by atoms with E-state index >= 15 is 0 Å². The van der Waals surface area contributed by atoms with Gasteiger partial charge in [-0.25, -0.2) is 4.39 Å². The van der Waals surface area contributed by atoms with Crippen molar-refractivity contribution in [1.82, 2.24) is 5.32 Å². The van der Waals surface area contributed by atoms with Crippen LogP contribution in [0.15, 0.2) is 18.2 Å². The number of benzene rings is 1. The Hall–Kier alpha value is -0.600. The summed E-state index contributed by atoms with van der Waals surface area (Å²) in [6.07, 6.45) is 4.38. The van der Waals surface area contributed by atoms with Gasteiger partial charge in [0.05, 0.1) is 0 Å². The molecule has 0 spiro atoms. The van der Waals surface area contributed by atoms with Gasteiger partial charge in [0.25, 0.3) is 0 Å². The maximum atomic E-state index is 14.1. The van der Waals surface area contributed by atoms with E-state index in [0.717, 1.165) is 25.9 Å². The minimum absolute atomic E-state index is 0.159. The van der Waals surface area contributed by atoms with Gasteiger partial charge in [0, 0.05) is 10.6 Å². The van der Waals surface area contributed by atoms with Crippen molar-refractivity contribution in [3.63, 3.8) is 0 Å². The van der Waals surface area contributed by atoms with Gasteiger partial charge in [-0.3, -0.25) is 0 Å². The highest BCUT2D eigenvalue weighted by Gasteiger charge is 2.35. The lowest BCUT2D eigenvalue weighted by atomic mass is 9.65. The van der Waals surface area contributed by atoms with E-state index in [1.54, 1.807) is 12.1 Å². The van der Waals surface area contributed by atoms with Crippen LogP contribution >= 0.6 is 11.6 Å². The molecule has 0 aliphatic heterocycles. The SMILES string of the molecule is CCNCC1CCC(C)(C)CC1Cc1c(F)cccc1Cl. The van der Waals surface area contributed by atoms with Crippen LogP contribution in [0.25, 0.3) is 0 Å². The first-order valence-electron chi connectivity index (χ1n) is 8.06. The minimum atomic E-state index is -0.159. The third kappa shape index (κ3) is 4.43. The van der Waals surface area contributed by atoms with Crippen molar-refractivity contribution in [3.05, 3.63) is 34.6 Å². The summed E-state index contributed by atoms with van der Waals surface area (Å²) in [7, 11) is 0. The summed E-state index contributed by atoms with van der Waals surface area (Å²) in [6, 6.07) is 5.00. The van der Waals surface area contributed by atoms with E-state index in [-0.39, 0.29) is 5.82 Å². The quantitative estimate of drug-likeness (QED) is 0.800. The molecular weight excluding hydrogens is 285 g/mol. The molecule has 1 aromatic carbocycles. The molecule has 2 unspecified atom stereocenters. The Morgan fingerprint density at radius 3 is 2.76 bits per heavy atom. The van der Waals surface area contributed by atoms with Crippen LogP contribution in [0.3, 0.4) is 0 Å². The normalized spacial score (nSPS) is 25.0. The van der Waals surface area contributed by atoms with Gasteiger partial charge in [0.1, 0.15) is 5.82 Å². The molecule has 0 bridgehead atoms. The highest BCUT2D eigenvalue weighted by molar-refractivity contribution is 6.31. The zero-order chi connectivity index (χ0) is 15.5. The fraction of sp³-hybridized carbons (Fsp3) is 0.667. The van der Waals surface area contributed by atoms with E-state index in [9.17, 15) is 4.39 Å². The van der Waals surface area contributed by atoms with Gasteiger partial charge < -0.3 is 5.32 Å². The predicted molar refractivity (Wildman–Crippen MR) is 88.3 cm³/mol. The average Bonchev–Trinajstić information content (AvgIpc) is 2.41. The molecule has 1 saturated carbocycles. The predicted octanol–water partition coefficient (Wildman–Crippen LogP) is 5.07. The molecule has 1 aliphatic carbocycles. The molecule has 0 amide bonds. The number of hydrogen-bond donors (Lipinski definition) is 1. The Balaban J connectivity index is 2.15. The van der Waals surface area contributed by atoms with Gasteiger partial charge in [0.2, 0.25) is 0 Å². The summed E-state index contributed by atoms with van der Waals surface area (Å²) >= 11 is 6.22. The van der Waals surface area contributed by atoms with Crippen LogP contribution in [-0.2, 0) is 6.42 Å². The second-order valence-electron chi connectivity index (χ2n) is 7.14. The van der Waals surface area contributed by atoms with Crippen LogP contribution in [0.1, 0.15) is 45.6 Å². The molecule has 3 heteroatoms. The van der Waals surface area contributed by atoms with E-state index in [1.165, 1.54) is 18.9 Å². The van der Waals surface area contributed by atoms with Crippen molar-refractivity contribution in [2.75, 3.05) is 13.1 Å². The molecule has 1 fully saturated rings. The van der Waals surface area contributed by atoms with Crippen LogP contribution in [0.2, 0.25) is 5.02 Å². The highest BCUT2D eigenvalue weighted by atomic mass is 35.5. The van der Waals surface area contributed by atoms with Crippen molar-refractivity contribution in [2.45, 2.75) is 46.5 Å². The summed E-state index contributed by atoms with van der Waals surface area (Å²) in [5.74, 6) is 0.962. The van der Waals surface area contributed by atoms with Crippen molar-refractivity contribution >= 4 is 11.6 Å². The topological polar surface area (TPSA) is 12.0 Å². The number of hydrogen-bond acceptors (Lipinski definition) is 1. The summed E-state index contributed by atoms with van der Waals surface area (Å²) in [6.45, 7) is 8.81. The van der Waals surface area contributed by atoms with Crippen molar-refractivity contribution in [3.8, 4) is 0 Å². The standard InChI is InChI=1S/C18H27ClFN/c1-4-21-12-13-8-9-18(2,3)11-14(13)10-15-16(19)6-5-7-17(15)20/h5-7,13-14,21H,4,8-12H2,1-3H3. The monoisotopic (exact) mass is 311 g/mol. The minimum Gasteiger partial charge on any atom is -0.317 e. The molecule has 1 aliphatic rings. The zero-order valence-electron chi connectivity index (χ0n) is 13.4. The van der Waals surface area contributed by atoms with E-state index in [2.05, 4.69) is 26.1 Å². The third-order valence-corrected chi connectivity index (χ3v) is 5.21. The molecule has 0 aromatic heterocycles. The molecule has 2 atom stereocenters. The Morgan fingerprint density at radius 2 is 2.10 bits per heavy atom. The smallest absolute Gasteiger partial charge is 0.127 e. The molecular formula is C18H27ClFN. The number of nitrogens with one attached hydrogen (secondary N) is 1.